The third kappa shape index (κ3) is 12.6. The number of esters is 1. The summed E-state index contributed by atoms with van der Waals surface area (Å²) in [6, 6.07) is 15.9. The summed E-state index contributed by atoms with van der Waals surface area (Å²) in [5, 5.41) is 10.0. The Hall–Kier alpha value is -3.81. The number of carbonyl (C=O) groups excluding carboxylic acids is 4. The molecular formula is C32H45N5O7S. The number of hydrogen-bond acceptors (Lipinski definition) is 9. The summed E-state index contributed by atoms with van der Waals surface area (Å²) in [5.74, 6) is -2.07. The minimum absolute atomic E-state index is 0.00517. The van der Waals surface area contributed by atoms with Crippen LogP contribution in [-0.4, -0.2) is 93.5 Å². The van der Waals surface area contributed by atoms with Crippen molar-refractivity contribution in [3.63, 3.8) is 0 Å². The Morgan fingerprint density at radius 2 is 1.36 bits per heavy atom. The molecule has 1 fully saturated rings. The maximum atomic E-state index is 13.6. The van der Waals surface area contributed by atoms with Crippen LogP contribution >= 0.6 is 0 Å². The van der Waals surface area contributed by atoms with E-state index in [1.165, 1.54) is 7.11 Å². The monoisotopic (exact) mass is 643 g/mol. The van der Waals surface area contributed by atoms with Crippen molar-refractivity contribution < 1.29 is 32.3 Å². The van der Waals surface area contributed by atoms with Gasteiger partial charge in [-0.25, -0.2) is 23.6 Å². The first-order valence-corrected chi connectivity index (χ1v) is 17.0. The lowest BCUT2D eigenvalue weighted by Gasteiger charge is -2.28. The van der Waals surface area contributed by atoms with Crippen LogP contribution in [0.25, 0.3) is 0 Å². The maximum Gasteiger partial charge on any atom is 0.328 e. The van der Waals surface area contributed by atoms with Gasteiger partial charge in [0.15, 0.2) is 9.84 Å². The van der Waals surface area contributed by atoms with Gasteiger partial charge in [0.05, 0.1) is 25.2 Å². The highest BCUT2D eigenvalue weighted by Crippen LogP contribution is 2.11. The Labute approximate surface area is 265 Å². The first-order chi connectivity index (χ1) is 21.5. The molecule has 12 nitrogen and oxygen atoms in total. The second kappa shape index (κ2) is 17.6. The van der Waals surface area contributed by atoms with Gasteiger partial charge in [0.1, 0.15) is 18.1 Å². The first kappa shape index (κ1) is 35.7. The van der Waals surface area contributed by atoms with Gasteiger partial charge in [0.2, 0.25) is 17.7 Å². The molecule has 1 heterocycles. The van der Waals surface area contributed by atoms with E-state index < -0.39 is 51.7 Å². The van der Waals surface area contributed by atoms with E-state index >= 15 is 0 Å². The van der Waals surface area contributed by atoms with Crippen LogP contribution in [0.4, 0.5) is 0 Å². The Morgan fingerprint density at radius 3 is 1.93 bits per heavy atom. The molecule has 0 saturated carbocycles. The van der Waals surface area contributed by atoms with E-state index in [1.807, 2.05) is 74.5 Å². The molecular weight excluding hydrogens is 598 g/mol. The van der Waals surface area contributed by atoms with Crippen molar-refractivity contribution >= 4 is 33.5 Å². The number of aryl methyl sites for hydroxylation is 1. The highest BCUT2D eigenvalue weighted by molar-refractivity contribution is 7.91. The lowest BCUT2D eigenvalue weighted by Crippen LogP contribution is -2.57. The Bertz CT molecular complexity index is 1360. The van der Waals surface area contributed by atoms with Gasteiger partial charge in [-0.3, -0.25) is 14.4 Å². The number of benzene rings is 2. The van der Waals surface area contributed by atoms with Crippen LogP contribution in [0.3, 0.4) is 0 Å². The average Bonchev–Trinajstić information content (AvgIpc) is 3.02. The summed E-state index contributed by atoms with van der Waals surface area (Å²) >= 11 is 0. The highest BCUT2D eigenvalue weighted by Gasteiger charge is 2.31. The number of nitrogens with zero attached hydrogens (tertiary/aromatic N) is 1. The number of rotatable bonds is 16. The molecule has 1 aliphatic rings. The number of nitrogens with one attached hydrogen (secondary N) is 4. The standard InChI is InChI=1S/C32H45N5O7S/c1-23(2)20-27(31(40)36-28(32(41)44-3)21-25-12-8-5-9-13-25)35-30(39)26(15-14-24-10-6-4-7-11-24)34-29(38)22-33-37-16-18-45(42,43)19-17-37/h4-13,23,26-28,33H,14-22H2,1-3H3,(H,34,38)(H,35,39)(H,36,40)/t26-,27-,28-/m0/s1. The highest BCUT2D eigenvalue weighted by atomic mass is 32.2. The number of ether oxygens (including phenoxy) is 1. The van der Waals surface area contributed by atoms with Crippen molar-refractivity contribution in [3.05, 3.63) is 71.8 Å². The summed E-state index contributed by atoms with van der Waals surface area (Å²) in [7, 11) is -1.82. The van der Waals surface area contributed by atoms with Crippen molar-refractivity contribution in [2.45, 2.75) is 57.7 Å². The third-order valence-corrected chi connectivity index (χ3v) is 9.06. The van der Waals surface area contributed by atoms with Gasteiger partial charge in [-0.15, -0.1) is 0 Å². The minimum Gasteiger partial charge on any atom is -0.467 e. The molecule has 0 aromatic heterocycles. The summed E-state index contributed by atoms with van der Waals surface area (Å²) in [6.07, 6.45) is 1.29. The molecule has 0 unspecified atom stereocenters. The molecule has 0 bridgehead atoms. The molecule has 1 aliphatic heterocycles. The van der Waals surface area contributed by atoms with Gasteiger partial charge in [0.25, 0.3) is 0 Å². The lowest BCUT2D eigenvalue weighted by atomic mass is 10.00. The van der Waals surface area contributed by atoms with Crippen molar-refractivity contribution in [1.82, 2.24) is 26.4 Å². The Balaban J connectivity index is 1.69. The van der Waals surface area contributed by atoms with Gasteiger partial charge >= 0.3 is 5.97 Å². The second-order valence-electron chi connectivity index (χ2n) is 11.6. The number of amides is 3. The van der Waals surface area contributed by atoms with E-state index in [0.29, 0.717) is 12.8 Å². The third-order valence-electron chi connectivity index (χ3n) is 7.45. The molecule has 2 aromatic rings. The van der Waals surface area contributed by atoms with Gasteiger partial charge in [-0.1, -0.05) is 74.5 Å². The topological polar surface area (TPSA) is 163 Å². The van der Waals surface area contributed by atoms with E-state index in [2.05, 4.69) is 21.4 Å². The van der Waals surface area contributed by atoms with Crippen molar-refractivity contribution in [1.29, 1.82) is 0 Å². The molecule has 3 atom stereocenters. The number of methoxy groups -OCH3 is 1. The van der Waals surface area contributed by atoms with Crippen LogP contribution in [0.2, 0.25) is 0 Å². The van der Waals surface area contributed by atoms with Crippen LogP contribution in [0, 0.1) is 5.92 Å². The molecule has 0 aliphatic carbocycles. The molecule has 1 saturated heterocycles. The fraction of sp³-hybridized carbons (Fsp3) is 0.500. The van der Waals surface area contributed by atoms with Gasteiger partial charge in [0, 0.05) is 19.5 Å². The largest absolute Gasteiger partial charge is 0.467 e. The molecule has 13 heteroatoms. The quantitative estimate of drug-likeness (QED) is 0.194. The number of hydrogen-bond donors (Lipinski definition) is 4. The zero-order valence-electron chi connectivity index (χ0n) is 26.2. The minimum atomic E-state index is -3.07. The van der Waals surface area contributed by atoms with E-state index in [4.69, 9.17) is 4.74 Å². The van der Waals surface area contributed by atoms with E-state index in [9.17, 15) is 27.6 Å². The molecule has 4 N–H and O–H groups in total. The molecule has 3 rings (SSSR count). The van der Waals surface area contributed by atoms with Gasteiger partial charge < -0.3 is 20.7 Å². The zero-order valence-corrected chi connectivity index (χ0v) is 27.0. The summed E-state index contributed by atoms with van der Waals surface area (Å²) < 4.78 is 28.3. The molecule has 0 spiro atoms. The second-order valence-corrected chi connectivity index (χ2v) is 13.9. The van der Waals surface area contributed by atoms with Crippen LogP contribution in [0.5, 0.6) is 0 Å². The number of hydrazine groups is 1. The Morgan fingerprint density at radius 1 is 0.800 bits per heavy atom. The summed E-state index contributed by atoms with van der Waals surface area (Å²) in [4.78, 5) is 52.6. The molecule has 45 heavy (non-hydrogen) atoms. The number of sulfone groups is 1. The molecule has 2 aromatic carbocycles. The smallest absolute Gasteiger partial charge is 0.328 e. The first-order valence-electron chi connectivity index (χ1n) is 15.2. The van der Waals surface area contributed by atoms with Crippen molar-refractivity contribution in [2.75, 3.05) is 38.2 Å². The van der Waals surface area contributed by atoms with Gasteiger partial charge in [-0.05, 0) is 36.3 Å². The molecule has 3 amide bonds. The predicted octanol–water partition coefficient (Wildman–Crippen LogP) is 0.770. The van der Waals surface area contributed by atoms with E-state index in [-0.39, 0.29) is 49.9 Å². The van der Waals surface area contributed by atoms with Crippen molar-refractivity contribution in [3.8, 4) is 0 Å². The fourth-order valence-corrected chi connectivity index (χ4v) is 6.16. The molecule has 246 valence electrons. The predicted molar refractivity (Wildman–Crippen MR) is 170 cm³/mol. The summed E-state index contributed by atoms with van der Waals surface area (Å²) in [5.41, 5.74) is 4.75. The van der Waals surface area contributed by atoms with Crippen molar-refractivity contribution in [2.24, 2.45) is 5.92 Å². The Kier molecular flexibility index (Phi) is 14.0. The van der Waals surface area contributed by atoms with E-state index in [0.717, 1.165) is 11.1 Å². The summed E-state index contributed by atoms with van der Waals surface area (Å²) in [6.45, 7) is 4.21. The van der Waals surface area contributed by atoms with Crippen LogP contribution in [-0.2, 0) is 46.6 Å². The number of carbonyl (C=O) groups is 4. The SMILES string of the molecule is COC(=O)[C@H](Cc1ccccc1)NC(=O)[C@H](CC(C)C)NC(=O)[C@H](CCc1ccccc1)NC(=O)CNN1CCS(=O)(=O)CC1. The van der Waals surface area contributed by atoms with Gasteiger partial charge in [-0.2, -0.15) is 0 Å². The van der Waals surface area contributed by atoms with E-state index in [1.54, 1.807) is 5.01 Å². The van der Waals surface area contributed by atoms with Crippen LogP contribution in [0.1, 0.15) is 37.8 Å². The van der Waals surface area contributed by atoms with Crippen LogP contribution < -0.4 is 21.4 Å². The average molecular weight is 644 g/mol. The normalized spacial score (nSPS) is 16.6. The lowest BCUT2D eigenvalue weighted by molar-refractivity contribution is -0.145. The molecule has 0 radical (unpaired) electrons. The zero-order chi connectivity index (χ0) is 32.8. The maximum absolute atomic E-state index is 13.6. The van der Waals surface area contributed by atoms with Crippen LogP contribution in [0.15, 0.2) is 60.7 Å². The fourth-order valence-electron chi connectivity index (χ4n) is 4.96.